The van der Waals surface area contributed by atoms with Gasteiger partial charge in [0.1, 0.15) is 13.1 Å². The molecule has 3 aromatic rings. The molecular weight excluding hydrogens is 346 g/mol. The van der Waals surface area contributed by atoms with Crippen molar-refractivity contribution in [2.45, 2.75) is 13.3 Å². The van der Waals surface area contributed by atoms with Crippen LogP contribution in [-0.2, 0) is 11.2 Å². The minimum Gasteiger partial charge on any atom is -0.371 e. The second-order valence-electron chi connectivity index (χ2n) is 6.00. The summed E-state index contributed by atoms with van der Waals surface area (Å²) in [4.78, 5) is 21.7. The number of aromatic nitrogens is 4. The Morgan fingerprint density at radius 3 is 2.96 bits per heavy atom. The number of aliphatic hydroxyl groups excluding tert-OH is 1. The lowest BCUT2D eigenvalue weighted by molar-refractivity contribution is -0.00863. The van der Waals surface area contributed by atoms with Gasteiger partial charge in [-0.1, -0.05) is 11.8 Å². The molecule has 1 atom stereocenters. The van der Waals surface area contributed by atoms with E-state index < -0.39 is 0 Å². The van der Waals surface area contributed by atoms with E-state index in [0.717, 1.165) is 10.9 Å². The van der Waals surface area contributed by atoms with Crippen LogP contribution in [0.25, 0.3) is 11.0 Å². The van der Waals surface area contributed by atoms with E-state index in [0.29, 0.717) is 24.2 Å². The lowest BCUT2D eigenvalue weighted by atomic mass is 10.0. The van der Waals surface area contributed by atoms with Gasteiger partial charge in [-0.3, -0.25) is 4.79 Å². The molecule has 0 saturated carbocycles. The zero-order chi connectivity index (χ0) is 19.2. The van der Waals surface area contributed by atoms with Crippen molar-refractivity contribution in [1.82, 2.24) is 19.3 Å². The number of hydrogen-bond acceptors (Lipinski definition) is 6. The smallest absolute Gasteiger partial charge is 0.287 e. The van der Waals surface area contributed by atoms with E-state index in [9.17, 15) is 4.79 Å². The molecule has 0 unspecified atom stereocenters. The van der Waals surface area contributed by atoms with E-state index in [1.54, 1.807) is 23.3 Å². The van der Waals surface area contributed by atoms with Gasteiger partial charge in [-0.25, -0.2) is 14.6 Å². The summed E-state index contributed by atoms with van der Waals surface area (Å²) in [6.07, 6.45) is 6.95. The number of imidazole rings is 1. The largest absolute Gasteiger partial charge is 0.371 e. The van der Waals surface area contributed by atoms with Crippen LogP contribution in [0.3, 0.4) is 0 Å². The summed E-state index contributed by atoms with van der Waals surface area (Å²) in [7, 11) is 0. The number of nitrogens with two attached hydrogens (primary N) is 1. The van der Waals surface area contributed by atoms with E-state index in [1.807, 2.05) is 19.1 Å². The second kappa shape index (κ2) is 8.60. The first-order valence-corrected chi connectivity index (χ1v) is 8.58. The molecule has 0 amide bonds. The maximum atomic E-state index is 13.3. The molecule has 8 nitrogen and oxygen atoms in total. The van der Waals surface area contributed by atoms with Crippen LogP contribution in [-0.4, -0.2) is 44.4 Å². The van der Waals surface area contributed by atoms with Crippen LogP contribution >= 0.6 is 0 Å². The van der Waals surface area contributed by atoms with Gasteiger partial charge in [-0.2, -0.15) is 4.68 Å². The highest BCUT2D eigenvalue weighted by Crippen LogP contribution is 2.19. The molecule has 0 aliphatic heterocycles. The molecule has 0 aliphatic rings. The number of hydrogen-bond donors (Lipinski definition) is 2. The average Bonchev–Trinajstić information content (AvgIpc) is 3.20. The minimum absolute atomic E-state index is 0.145. The fourth-order valence-corrected chi connectivity index (χ4v) is 2.85. The number of pyridine rings is 2. The number of aliphatic hydroxyl groups is 1. The molecule has 3 heterocycles. The van der Waals surface area contributed by atoms with Gasteiger partial charge < -0.3 is 15.6 Å². The molecule has 0 bridgehead atoms. The van der Waals surface area contributed by atoms with Crippen LogP contribution in [0, 0.1) is 17.8 Å². The van der Waals surface area contributed by atoms with Gasteiger partial charge in [-0.05, 0) is 37.6 Å². The van der Waals surface area contributed by atoms with Crippen molar-refractivity contribution < 1.29 is 9.84 Å². The first-order valence-electron chi connectivity index (χ1n) is 8.58. The molecule has 0 aromatic carbocycles. The summed E-state index contributed by atoms with van der Waals surface area (Å²) in [5, 5.41) is 9.59. The molecular formula is C19H21N5O3. The van der Waals surface area contributed by atoms with Gasteiger partial charge in [0.2, 0.25) is 0 Å². The van der Waals surface area contributed by atoms with Crippen LogP contribution in [0.1, 0.15) is 18.1 Å². The zero-order valence-electron chi connectivity index (χ0n) is 15.0. The molecule has 0 spiro atoms. The highest BCUT2D eigenvalue weighted by molar-refractivity contribution is 5.81. The fourth-order valence-electron chi connectivity index (χ4n) is 2.85. The van der Waals surface area contributed by atoms with E-state index in [4.69, 9.17) is 15.6 Å². The van der Waals surface area contributed by atoms with Crippen LogP contribution in [0.5, 0.6) is 0 Å². The molecule has 0 aliphatic carbocycles. The first-order chi connectivity index (χ1) is 13.2. The molecule has 3 rings (SSSR count). The Balaban J connectivity index is 2.25. The topological polar surface area (TPSA) is 108 Å². The Labute approximate surface area is 156 Å². The predicted octanol–water partition coefficient (Wildman–Crippen LogP) is 0.360. The van der Waals surface area contributed by atoms with Crippen LogP contribution < -0.4 is 11.3 Å². The van der Waals surface area contributed by atoms with Crippen molar-refractivity contribution >= 4 is 11.0 Å². The minimum atomic E-state index is -0.362. The van der Waals surface area contributed by atoms with Crippen molar-refractivity contribution in [2.24, 2.45) is 11.7 Å². The third-order valence-corrected chi connectivity index (χ3v) is 4.04. The lowest BCUT2D eigenvalue weighted by Gasteiger charge is -2.15. The van der Waals surface area contributed by atoms with Crippen molar-refractivity contribution in [3.8, 4) is 11.8 Å². The third kappa shape index (κ3) is 3.90. The maximum Gasteiger partial charge on any atom is 0.287 e. The molecule has 0 radical (unpaired) electrons. The summed E-state index contributed by atoms with van der Waals surface area (Å²) in [5.41, 5.74) is 7.18. The maximum absolute atomic E-state index is 13.3. The van der Waals surface area contributed by atoms with Crippen molar-refractivity contribution in [2.75, 3.05) is 19.9 Å². The van der Waals surface area contributed by atoms with Gasteiger partial charge in [0.25, 0.3) is 5.56 Å². The van der Waals surface area contributed by atoms with Crippen LogP contribution in [0.15, 0.2) is 41.8 Å². The third-order valence-electron chi connectivity index (χ3n) is 4.04. The van der Waals surface area contributed by atoms with Gasteiger partial charge in [-0.15, -0.1) is 0 Å². The highest BCUT2D eigenvalue weighted by atomic mass is 16.6. The van der Waals surface area contributed by atoms with Gasteiger partial charge >= 0.3 is 0 Å². The Morgan fingerprint density at radius 2 is 2.26 bits per heavy atom. The van der Waals surface area contributed by atoms with E-state index >= 15 is 0 Å². The first kappa shape index (κ1) is 18.8. The van der Waals surface area contributed by atoms with E-state index in [2.05, 4.69) is 21.8 Å². The highest BCUT2D eigenvalue weighted by Gasteiger charge is 2.17. The number of nitrogens with zero attached hydrogens (tertiary/aromatic N) is 4. The fraction of sp³-hybridized carbons (Fsp3) is 0.316. The molecule has 0 saturated heterocycles. The quantitative estimate of drug-likeness (QED) is 0.481. The Morgan fingerprint density at radius 1 is 1.41 bits per heavy atom. The Hall–Kier alpha value is -2.99. The standard InChI is InChI=1S/C19H21N5O3/c1-14(11-27-13-25)4-5-17-15(6-7-20)16-3-2-8-22-18(16)24(19(17)26)23-10-9-21-12-23/h2-3,8-10,12,14,25H,6-7,11,13,20H2,1H3/t14-/m1/s1. The summed E-state index contributed by atoms with van der Waals surface area (Å²) >= 11 is 0. The van der Waals surface area contributed by atoms with E-state index in [-0.39, 0.29) is 24.9 Å². The lowest BCUT2D eigenvalue weighted by Crippen LogP contribution is -2.30. The van der Waals surface area contributed by atoms with Crippen LogP contribution in [0.4, 0.5) is 0 Å². The van der Waals surface area contributed by atoms with Crippen LogP contribution in [0.2, 0.25) is 0 Å². The summed E-state index contributed by atoms with van der Waals surface area (Å²) in [6.45, 7) is 2.17. The number of fused-ring (bicyclic) bond motifs is 1. The number of ether oxygens (including phenoxy) is 1. The second-order valence-corrected chi connectivity index (χ2v) is 6.00. The Bertz CT molecular complexity index is 1030. The summed E-state index contributed by atoms with van der Waals surface area (Å²) in [6, 6.07) is 3.73. The Kier molecular flexibility index (Phi) is 5.98. The SMILES string of the molecule is C[C@H](C#Cc1c(CCN)c2cccnc2n(-n2ccnc2)c1=O)COCO. The zero-order valence-corrected chi connectivity index (χ0v) is 15.0. The van der Waals surface area contributed by atoms with Crippen molar-refractivity contribution in [3.05, 3.63) is 58.5 Å². The van der Waals surface area contributed by atoms with E-state index in [1.165, 1.54) is 11.0 Å². The molecule has 3 N–H and O–H groups in total. The average molecular weight is 367 g/mol. The van der Waals surface area contributed by atoms with Gasteiger partial charge in [0, 0.05) is 29.9 Å². The monoisotopic (exact) mass is 367 g/mol. The molecule has 140 valence electrons. The molecule has 8 heteroatoms. The van der Waals surface area contributed by atoms with Gasteiger partial charge in [0.15, 0.2) is 5.65 Å². The summed E-state index contributed by atoms with van der Waals surface area (Å²) < 4.78 is 7.99. The summed E-state index contributed by atoms with van der Waals surface area (Å²) in [5.74, 6) is 5.89. The van der Waals surface area contributed by atoms with Crippen molar-refractivity contribution in [3.63, 3.8) is 0 Å². The normalized spacial score (nSPS) is 12.0. The van der Waals surface area contributed by atoms with Gasteiger partial charge in [0.05, 0.1) is 12.2 Å². The number of rotatable bonds is 6. The molecule has 27 heavy (non-hydrogen) atoms. The molecule has 3 aromatic heterocycles. The van der Waals surface area contributed by atoms with Crippen molar-refractivity contribution in [1.29, 1.82) is 0 Å². The molecule has 0 fully saturated rings. The predicted molar refractivity (Wildman–Crippen MR) is 101 cm³/mol.